The number of likely N-dealkylation sites (tertiary alicyclic amines) is 1. The molecule has 6 nitrogen and oxygen atoms in total. The number of fused-ring (bicyclic) bond motifs is 1. The molecule has 3 aliphatic rings. The quantitative estimate of drug-likeness (QED) is 0.751. The van der Waals surface area contributed by atoms with E-state index in [9.17, 15) is 13.2 Å². The normalized spacial score (nSPS) is 28.3. The number of ether oxygens (including phenoxy) is 1. The molecule has 2 aliphatic heterocycles. The summed E-state index contributed by atoms with van der Waals surface area (Å²) in [4.78, 5) is 15.8. The van der Waals surface area contributed by atoms with Gasteiger partial charge >= 0.3 is 0 Å². The van der Waals surface area contributed by atoms with Crippen LogP contribution in [0.4, 0.5) is 0 Å². The molecule has 3 atom stereocenters. The van der Waals surface area contributed by atoms with E-state index in [0.29, 0.717) is 50.2 Å². The highest BCUT2D eigenvalue weighted by molar-refractivity contribution is 7.89. The molecule has 2 saturated heterocycles. The van der Waals surface area contributed by atoms with Crippen LogP contribution in [0.2, 0.25) is 0 Å². The van der Waals surface area contributed by atoms with Crippen LogP contribution in [0.1, 0.15) is 61.9 Å². The number of carbonyl (C=O) groups is 1. The van der Waals surface area contributed by atoms with Gasteiger partial charge < -0.3 is 9.64 Å². The second-order valence-corrected chi connectivity index (χ2v) is 10.5. The summed E-state index contributed by atoms with van der Waals surface area (Å²) in [5, 5.41) is 0. The Hall–Kier alpha value is -1.44. The van der Waals surface area contributed by atoms with Crippen molar-refractivity contribution in [3.05, 3.63) is 29.3 Å². The Morgan fingerprint density at radius 2 is 1.90 bits per heavy atom. The van der Waals surface area contributed by atoms with E-state index in [2.05, 4.69) is 6.92 Å². The largest absolute Gasteiger partial charge is 0.379 e. The van der Waals surface area contributed by atoms with Crippen LogP contribution >= 0.6 is 0 Å². The maximum atomic E-state index is 13.5. The Balaban J connectivity index is 1.66. The lowest BCUT2D eigenvalue weighted by molar-refractivity contribution is 0.0633. The van der Waals surface area contributed by atoms with E-state index in [1.54, 1.807) is 6.07 Å². The first-order valence-electron chi connectivity index (χ1n) is 11.0. The summed E-state index contributed by atoms with van der Waals surface area (Å²) in [5.74, 6) is 0.571. The van der Waals surface area contributed by atoms with Crippen molar-refractivity contribution >= 4 is 15.9 Å². The Labute approximate surface area is 174 Å². The van der Waals surface area contributed by atoms with Crippen molar-refractivity contribution < 1.29 is 17.9 Å². The molecule has 0 N–H and O–H groups in total. The molecule has 3 fully saturated rings. The standard InChI is InChI=1S/C22H32N2O4S/c1-3-17-8-9-19(15-21(17)29(26,27)23-10-12-28-13-11-23)22(25)24-16(2)14-18-6-4-5-7-20(18)24/h8-9,15-16,18,20H,3-7,10-14H2,1-2H3. The summed E-state index contributed by atoms with van der Waals surface area (Å²) in [5.41, 5.74) is 1.25. The Bertz CT molecular complexity index is 864. The van der Waals surface area contributed by atoms with Crippen LogP contribution in [0.3, 0.4) is 0 Å². The highest BCUT2D eigenvalue weighted by Crippen LogP contribution is 2.40. The molecule has 2 heterocycles. The van der Waals surface area contributed by atoms with E-state index in [1.165, 1.54) is 23.6 Å². The highest BCUT2D eigenvalue weighted by atomic mass is 32.2. The first kappa shape index (κ1) is 20.8. The van der Waals surface area contributed by atoms with Gasteiger partial charge in [-0.15, -0.1) is 0 Å². The minimum atomic E-state index is -3.64. The number of hydrogen-bond acceptors (Lipinski definition) is 4. The van der Waals surface area contributed by atoms with E-state index >= 15 is 0 Å². The zero-order valence-electron chi connectivity index (χ0n) is 17.5. The van der Waals surface area contributed by atoms with Crippen LogP contribution in [-0.2, 0) is 21.2 Å². The van der Waals surface area contributed by atoms with Gasteiger partial charge in [0, 0.05) is 30.7 Å². The van der Waals surface area contributed by atoms with Gasteiger partial charge in [-0.25, -0.2) is 8.42 Å². The molecule has 3 unspecified atom stereocenters. The number of carbonyl (C=O) groups excluding carboxylic acids is 1. The van der Waals surface area contributed by atoms with Gasteiger partial charge in [-0.1, -0.05) is 25.8 Å². The first-order valence-corrected chi connectivity index (χ1v) is 12.4. The Morgan fingerprint density at radius 1 is 1.17 bits per heavy atom. The molecule has 1 aromatic rings. The molecule has 1 aromatic carbocycles. The third kappa shape index (κ3) is 3.84. The van der Waals surface area contributed by atoms with Crippen molar-refractivity contribution in [3.63, 3.8) is 0 Å². The molecule has 1 saturated carbocycles. The van der Waals surface area contributed by atoms with Gasteiger partial charge in [0.25, 0.3) is 5.91 Å². The molecule has 0 bridgehead atoms. The van der Waals surface area contributed by atoms with E-state index in [-0.39, 0.29) is 16.8 Å². The fourth-order valence-electron chi connectivity index (χ4n) is 5.35. The van der Waals surface area contributed by atoms with Crippen LogP contribution in [0.25, 0.3) is 0 Å². The number of aryl methyl sites for hydroxylation is 1. The van der Waals surface area contributed by atoms with Crippen molar-refractivity contribution in [2.75, 3.05) is 26.3 Å². The second kappa shape index (κ2) is 8.36. The molecule has 160 valence electrons. The van der Waals surface area contributed by atoms with E-state index in [1.807, 2.05) is 24.0 Å². The van der Waals surface area contributed by atoms with Gasteiger partial charge in [-0.3, -0.25) is 4.79 Å². The van der Waals surface area contributed by atoms with Gasteiger partial charge in [0.15, 0.2) is 0 Å². The van der Waals surface area contributed by atoms with E-state index in [0.717, 1.165) is 18.4 Å². The maximum absolute atomic E-state index is 13.5. The molecular formula is C22H32N2O4S. The number of benzene rings is 1. The molecule has 7 heteroatoms. The molecule has 29 heavy (non-hydrogen) atoms. The number of hydrogen-bond donors (Lipinski definition) is 0. The van der Waals surface area contributed by atoms with Crippen molar-refractivity contribution in [2.24, 2.45) is 5.92 Å². The van der Waals surface area contributed by atoms with Gasteiger partial charge in [0.05, 0.1) is 18.1 Å². The van der Waals surface area contributed by atoms with Gasteiger partial charge in [-0.2, -0.15) is 4.31 Å². The second-order valence-electron chi connectivity index (χ2n) is 8.60. The topological polar surface area (TPSA) is 66.9 Å². The van der Waals surface area contributed by atoms with Gasteiger partial charge in [0.2, 0.25) is 10.0 Å². The Kier molecular flexibility index (Phi) is 6.00. The van der Waals surface area contributed by atoms with E-state index < -0.39 is 10.0 Å². The fraction of sp³-hybridized carbons (Fsp3) is 0.682. The number of nitrogens with zero attached hydrogens (tertiary/aromatic N) is 2. The minimum absolute atomic E-state index is 0.0204. The van der Waals surface area contributed by atoms with Crippen LogP contribution in [-0.4, -0.2) is 61.9 Å². The highest BCUT2D eigenvalue weighted by Gasteiger charge is 2.43. The lowest BCUT2D eigenvalue weighted by atomic mass is 9.85. The molecule has 0 aromatic heterocycles. The summed E-state index contributed by atoms with van der Waals surface area (Å²) in [6.07, 6.45) is 6.35. The number of sulfonamides is 1. The zero-order valence-corrected chi connectivity index (χ0v) is 18.3. The van der Waals surface area contributed by atoms with Gasteiger partial charge in [-0.05, 0) is 56.2 Å². The third-order valence-electron chi connectivity index (χ3n) is 6.86. The molecule has 1 aliphatic carbocycles. The van der Waals surface area contributed by atoms with Crippen LogP contribution in [0.5, 0.6) is 0 Å². The van der Waals surface area contributed by atoms with Crippen molar-refractivity contribution in [3.8, 4) is 0 Å². The smallest absolute Gasteiger partial charge is 0.254 e. The lowest BCUT2D eigenvalue weighted by Crippen LogP contribution is -2.43. The number of morpholine rings is 1. The van der Waals surface area contributed by atoms with Gasteiger partial charge in [0.1, 0.15) is 0 Å². The monoisotopic (exact) mass is 420 g/mol. The predicted molar refractivity (Wildman–Crippen MR) is 111 cm³/mol. The lowest BCUT2D eigenvalue weighted by Gasteiger charge is -2.33. The first-order chi connectivity index (χ1) is 13.9. The fourth-order valence-corrected chi connectivity index (χ4v) is 7.08. The molecule has 0 radical (unpaired) electrons. The predicted octanol–water partition coefficient (Wildman–Crippen LogP) is 3.06. The molecular weight excluding hydrogens is 388 g/mol. The van der Waals surface area contributed by atoms with Crippen LogP contribution in [0, 0.1) is 5.92 Å². The summed E-state index contributed by atoms with van der Waals surface area (Å²) in [6, 6.07) is 5.76. The van der Waals surface area contributed by atoms with E-state index in [4.69, 9.17) is 4.74 Å². The average molecular weight is 421 g/mol. The summed E-state index contributed by atoms with van der Waals surface area (Å²) in [6.45, 7) is 5.61. The average Bonchev–Trinajstić information content (AvgIpc) is 3.09. The summed E-state index contributed by atoms with van der Waals surface area (Å²) >= 11 is 0. The SMILES string of the molecule is CCc1ccc(C(=O)N2C(C)CC3CCCCC32)cc1S(=O)(=O)N1CCOCC1. The maximum Gasteiger partial charge on any atom is 0.254 e. The summed E-state index contributed by atoms with van der Waals surface area (Å²) in [7, 11) is -3.64. The molecule has 1 amide bonds. The zero-order chi connectivity index (χ0) is 20.6. The van der Waals surface area contributed by atoms with Crippen LogP contribution < -0.4 is 0 Å². The Morgan fingerprint density at radius 3 is 2.62 bits per heavy atom. The molecule has 4 rings (SSSR count). The molecule has 0 spiro atoms. The van der Waals surface area contributed by atoms with Crippen molar-refractivity contribution in [1.29, 1.82) is 0 Å². The number of rotatable bonds is 4. The number of amides is 1. The van der Waals surface area contributed by atoms with Crippen molar-refractivity contribution in [2.45, 2.75) is 69.4 Å². The minimum Gasteiger partial charge on any atom is -0.379 e. The van der Waals surface area contributed by atoms with Crippen molar-refractivity contribution in [1.82, 2.24) is 9.21 Å². The third-order valence-corrected chi connectivity index (χ3v) is 8.84. The van der Waals surface area contributed by atoms with Crippen LogP contribution in [0.15, 0.2) is 23.1 Å². The summed E-state index contributed by atoms with van der Waals surface area (Å²) < 4.78 is 33.4.